The van der Waals surface area contributed by atoms with Crippen molar-refractivity contribution in [3.63, 3.8) is 0 Å². The van der Waals surface area contributed by atoms with Crippen molar-refractivity contribution in [2.75, 3.05) is 13.2 Å². The molecule has 3 aromatic rings. The molecule has 1 aliphatic heterocycles. The molecule has 25 heavy (non-hydrogen) atoms. The van der Waals surface area contributed by atoms with Crippen molar-refractivity contribution < 1.29 is 14.3 Å². The predicted octanol–water partition coefficient (Wildman–Crippen LogP) is 4.04. The minimum atomic E-state index is -0.225. The smallest absolute Gasteiger partial charge is 0.251 e. The third-order valence-electron chi connectivity index (χ3n) is 3.80. The molecule has 1 N–H and O–H groups in total. The Hall–Kier alpha value is -2.31. The minimum Gasteiger partial charge on any atom is -0.489 e. The Labute approximate surface area is 153 Å². The van der Waals surface area contributed by atoms with E-state index >= 15 is 0 Å². The first-order valence-electron chi connectivity index (χ1n) is 7.92. The topological polar surface area (TPSA) is 60.5 Å². The molecule has 1 aliphatic rings. The predicted molar refractivity (Wildman–Crippen MR) is 97.8 cm³/mol. The summed E-state index contributed by atoms with van der Waals surface area (Å²) in [4.78, 5) is 17.0. The Morgan fingerprint density at radius 2 is 2.08 bits per heavy atom. The number of carbonyl (C=O) groups excluding carboxylic acids is 1. The molecule has 1 amide bonds. The number of ether oxygens (including phenoxy) is 2. The Balaban J connectivity index is 1.51. The monoisotopic (exact) mass is 374 g/mol. The van der Waals surface area contributed by atoms with Gasteiger partial charge in [0, 0.05) is 12.0 Å². The van der Waals surface area contributed by atoms with E-state index in [2.05, 4.69) is 10.3 Å². The van der Waals surface area contributed by atoms with Crippen LogP contribution in [0.1, 0.15) is 21.8 Å². The van der Waals surface area contributed by atoms with Crippen LogP contribution < -0.4 is 14.8 Å². The molecule has 0 spiro atoms. The van der Waals surface area contributed by atoms with E-state index in [1.165, 1.54) is 0 Å². The summed E-state index contributed by atoms with van der Waals surface area (Å²) >= 11 is 7.81. The maximum Gasteiger partial charge on any atom is 0.251 e. The van der Waals surface area contributed by atoms with Crippen LogP contribution in [0.15, 0.2) is 36.4 Å². The number of amides is 1. The maximum atomic E-state index is 12.5. The summed E-state index contributed by atoms with van der Waals surface area (Å²) in [5, 5.41) is 4.12. The number of nitrogens with one attached hydrogen (secondary N) is 1. The van der Waals surface area contributed by atoms with Crippen molar-refractivity contribution in [3.8, 4) is 11.5 Å². The quantitative estimate of drug-likeness (QED) is 0.751. The van der Waals surface area contributed by atoms with Gasteiger partial charge in [-0.05, 0) is 24.3 Å². The van der Waals surface area contributed by atoms with Gasteiger partial charge in [0.15, 0.2) is 11.5 Å². The average molecular weight is 375 g/mol. The number of benzene rings is 2. The van der Waals surface area contributed by atoms with Crippen LogP contribution in [0.25, 0.3) is 10.2 Å². The number of rotatable bonds is 3. The van der Waals surface area contributed by atoms with E-state index in [0.29, 0.717) is 41.8 Å². The second kappa shape index (κ2) is 6.90. The molecule has 2 aromatic carbocycles. The van der Waals surface area contributed by atoms with Crippen LogP contribution in [0.2, 0.25) is 5.02 Å². The van der Waals surface area contributed by atoms with Crippen LogP contribution in [0.3, 0.4) is 0 Å². The normalized spacial score (nSPS) is 13.5. The molecule has 7 heteroatoms. The van der Waals surface area contributed by atoms with Gasteiger partial charge >= 0.3 is 0 Å². The van der Waals surface area contributed by atoms with Crippen LogP contribution in [0.4, 0.5) is 0 Å². The van der Waals surface area contributed by atoms with Crippen molar-refractivity contribution in [2.45, 2.75) is 13.0 Å². The van der Waals surface area contributed by atoms with Crippen LogP contribution in [-0.2, 0) is 6.54 Å². The van der Waals surface area contributed by atoms with Crippen LogP contribution in [0, 0.1) is 0 Å². The molecule has 4 rings (SSSR count). The molecule has 0 bridgehead atoms. The number of thiazole rings is 1. The largest absolute Gasteiger partial charge is 0.489 e. The van der Waals surface area contributed by atoms with Gasteiger partial charge in [0.1, 0.15) is 5.01 Å². The fourth-order valence-electron chi connectivity index (χ4n) is 2.62. The lowest BCUT2D eigenvalue weighted by molar-refractivity contribution is 0.0950. The summed E-state index contributed by atoms with van der Waals surface area (Å²) in [7, 11) is 0. The van der Waals surface area contributed by atoms with Crippen molar-refractivity contribution in [1.29, 1.82) is 0 Å². The van der Waals surface area contributed by atoms with Gasteiger partial charge in [-0.2, -0.15) is 0 Å². The van der Waals surface area contributed by atoms with E-state index in [1.807, 2.05) is 24.3 Å². The maximum absolute atomic E-state index is 12.5. The number of para-hydroxylation sites is 1. The summed E-state index contributed by atoms with van der Waals surface area (Å²) in [5.41, 5.74) is 1.38. The number of hydrogen-bond acceptors (Lipinski definition) is 5. The SMILES string of the molecule is O=C(NCc1nc2ccccc2s1)c1cc(Cl)c2c(c1)OCCCO2. The van der Waals surface area contributed by atoms with Crippen molar-refractivity contribution in [2.24, 2.45) is 0 Å². The molecule has 1 aromatic heterocycles. The van der Waals surface area contributed by atoms with Crippen LogP contribution in [-0.4, -0.2) is 24.1 Å². The van der Waals surface area contributed by atoms with E-state index in [4.69, 9.17) is 21.1 Å². The van der Waals surface area contributed by atoms with Crippen molar-refractivity contribution >= 4 is 39.1 Å². The summed E-state index contributed by atoms with van der Waals surface area (Å²) in [6.45, 7) is 1.46. The van der Waals surface area contributed by atoms with Crippen molar-refractivity contribution in [3.05, 3.63) is 52.0 Å². The molecule has 128 valence electrons. The number of hydrogen-bond donors (Lipinski definition) is 1. The molecular formula is C18H15ClN2O3S. The number of nitrogens with zero attached hydrogens (tertiary/aromatic N) is 1. The van der Waals surface area contributed by atoms with Crippen LogP contribution >= 0.6 is 22.9 Å². The summed E-state index contributed by atoms with van der Waals surface area (Å²) in [5.74, 6) is 0.786. The fraction of sp³-hybridized carbons (Fsp3) is 0.222. The van der Waals surface area contributed by atoms with Gasteiger partial charge in [-0.25, -0.2) is 4.98 Å². The Morgan fingerprint density at radius 1 is 1.24 bits per heavy atom. The van der Waals surface area contributed by atoms with Gasteiger partial charge in [-0.15, -0.1) is 11.3 Å². The minimum absolute atomic E-state index is 0.225. The molecule has 0 aliphatic carbocycles. The second-order valence-corrected chi connectivity index (χ2v) is 7.12. The fourth-order valence-corrected chi connectivity index (χ4v) is 3.79. The third-order valence-corrected chi connectivity index (χ3v) is 5.12. The van der Waals surface area contributed by atoms with E-state index < -0.39 is 0 Å². The summed E-state index contributed by atoms with van der Waals surface area (Å²) in [6, 6.07) is 11.2. The number of aromatic nitrogens is 1. The molecule has 0 atom stereocenters. The van der Waals surface area contributed by atoms with E-state index in [9.17, 15) is 4.79 Å². The molecule has 0 saturated carbocycles. The van der Waals surface area contributed by atoms with Gasteiger partial charge in [-0.1, -0.05) is 23.7 Å². The number of carbonyl (C=O) groups is 1. The van der Waals surface area contributed by atoms with Gasteiger partial charge in [0.25, 0.3) is 5.91 Å². The summed E-state index contributed by atoms with van der Waals surface area (Å²) < 4.78 is 12.3. The van der Waals surface area contributed by atoms with Gasteiger partial charge in [0.2, 0.25) is 0 Å². The first kappa shape index (κ1) is 16.2. The number of fused-ring (bicyclic) bond motifs is 2. The van der Waals surface area contributed by atoms with Gasteiger partial charge < -0.3 is 14.8 Å². The Bertz CT molecular complexity index is 908. The zero-order valence-electron chi connectivity index (χ0n) is 13.3. The first-order valence-corrected chi connectivity index (χ1v) is 9.12. The highest BCUT2D eigenvalue weighted by molar-refractivity contribution is 7.18. The zero-order valence-corrected chi connectivity index (χ0v) is 14.8. The van der Waals surface area contributed by atoms with Gasteiger partial charge in [-0.3, -0.25) is 4.79 Å². The first-order chi connectivity index (χ1) is 12.2. The standard InChI is InChI=1S/C18H15ClN2O3S/c19-12-8-11(9-14-17(12)24-7-3-6-23-14)18(22)20-10-16-21-13-4-1-2-5-15(13)25-16/h1-2,4-5,8-9H,3,6-7,10H2,(H,20,22). The highest BCUT2D eigenvalue weighted by Gasteiger charge is 2.18. The molecule has 0 unspecified atom stereocenters. The van der Waals surface area contributed by atoms with Crippen molar-refractivity contribution in [1.82, 2.24) is 10.3 Å². The average Bonchev–Trinajstić information content (AvgIpc) is 2.88. The molecule has 2 heterocycles. The third kappa shape index (κ3) is 3.41. The Kier molecular flexibility index (Phi) is 4.46. The lowest BCUT2D eigenvalue weighted by Gasteiger charge is -2.11. The lowest BCUT2D eigenvalue weighted by atomic mass is 10.2. The van der Waals surface area contributed by atoms with E-state index in [1.54, 1.807) is 23.5 Å². The molecule has 0 radical (unpaired) electrons. The lowest BCUT2D eigenvalue weighted by Crippen LogP contribution is -2.22. The zero-order chi connectivity index (χ0) is 17.2. The number of halogens is 1. The Morgan fingerprint density at radius 3 is 2.96 bits per heavy atom. The highest BCUT2D eigenvalue weighted by Crippen LogP contribution is 2.38. The molecule has 0 fully saturated rings. The van der Waals surface area contributed by atoms with E-state index in [-0.39, 0.29) is 5.91 Å². The van der Waals surface area contributed by atoms with Gasteiger partial charge in [0.05, 0.1) is 35.0 Å². The highest BCUT2D eigenvalue weighted by atomic mass is 35.5. The van der Waals surface area contributed by atoms with E-state index in [0.717, 1.165) is 21.6 Å². The molecular weight excluding hydrogens is 360 g/mol. The molecule has 5 nitrogen and oxygen atoms in total. The van der Waals surface area contributed by atoms with Crippen LogP contribution in [0.5, 0.6) is 11.5 Å². The summed E-state index contributed by atoms with van der Waals surface area (Å²) in [6.07, 6.45) is 0.782. The molecule has 0 saturated heterocycles. The second-order valence-electron chi connectivity index (χ2n) is 5.59.